The lowest BCUT2D eigenvalue weighted by Crippen LogP contribution is -2.62. The largest absolute Gasteiger partial charge is 0.481 e. The number of amides is 11. The predicted octanol–water partition coefficient (Wildman–Crippen LogP) is -6.96. The molecule has 420 valence electrons. The van der Waals surface area contributed by atoms with Crippen LogP contribution in [0.5, 0.6) is 0 Å². The van der Waals surface area contributed by atoms with Crippen LogP contribution in [0, 0.1) is 11.8 Å². The Morgan fingerprint density at radius 3 is 1.08 bits per heavy atom. The molecule has 74 heavy (non-hydrogen) atoms. The van der Waals surface area contributed by atoms with Gasteiger partial charge in [-0.25, -0.2) is 4.79 Å². The van der Waals surface area contributed by atoms with Crippen molar-refractivity contribution >= 4 is 76.9 Å². The Bertz CT molecular complexity index is 2000. The lowest BCUT2D eigenvalue weighted by molar-refractivity contribution is -0.143. The maximum absolute atomic E-state index is 13.9. The Kier molecular flexibility index (Phi) is 29.8. The van der Waals surface area contributed by atoms with Gasteiger partial charge in [-0.1, -0.05) is 27.7 Å². The van der Waals surface area contributed by atoms with Gasteiger partial charge in [-0.05, 0) is 71.6 Å². The van der Waals surface area contributed by atoms with Gasteiger partial charge in [0.2, 0.25) is 65.0 Å². The molecule has 20 N–H and O–H groups in total. The fourth-order valence-electron chi connectivity index (χ4n) is 6.60. The van der Waals surface area contributed by atoms with Gasteiger partial charge < -0.3 is 90.6 Å². The third kappa shape index (κ3) is 25.6. The average molecular weight is 1060 g/mol. The van der Waals surface area contributed by atoms with E-state index in [1.807, 2.05) is 0 Å². The number of carbonyl (C=O) groups is 13. The van der Waals surface area contributed by atoms with Gasteiger partial charge in [0, 0.05) is 19.3 Å². The van der Waals surface area contributed by atoms with Crippen molar-refractivity contribution in [3.8, 4) is 0 Å². The van der Waals surface area contributed by atoms with Crippen LogP contribution in [-0.2, 0) is 62.3 Å². The molecule has 0 spiro atoms. The summed E-state index contributed by atoms with van der Waals surface area (Å²) in [5.41, 5.74) is 15.9. The van der Waals surface area contributed by atoms with E-state index in [0.29, 0.717) is 0 Å². The normalized spacial score (nSPS) is 16.0. The van der Waals surface area contributed by atoms with E-state index >= 15 is 0 Å². The first kappa shape index (κ1) is 67.0. The molecule has 0 aromatic heterocycles. The zero-order valence-corrected chi connectivity index (χ0v) is 42.7. The predicted molar refractivity (Wildman–Crippen MR) is 257 cm³/mol. The molecule has 0 radical (unpaired) electrons. The first-order valence-electron chi connectivity index (χ1n) is 23.7. The van der Waals surface area contributed by atoms with E-state index in [1.165, 1.54) is 13.8 Å². The Hall–Kier alpha value is -7.05. The summed E-state index contributed by atoms with van der Waals surface area (Å²) < 4.78 is 0. The van der Waals surface area contributed by atoms with Gasteiger partial charge in [0.25, 0.3) is 0 Å². The molecule has 0 heterocycles. The molecule has 30 nitrogen and oxygen atoms in total. The molecular weight excluding hydrogens is 985 g/mol. The van der Waals surface area contributed by atoms with Gasteiger partial charge in [-0.3, -0.25) is 57.5 Å². The molecule has 0 saturated carbocycles. The Morgan fingerprint density at radius 2 is 0.716 bits per heavy atom. The van der Waals surface area contributed by atoms with Crippen molar-refractivity contribution in [3.05, 3.63) is 0 Å². The van der Waals surface area contributed by atoms with Crippen LogP contribution in [0.4, 0.5) is 0 Å². The number of carboxylic acids is 2. The molecule has 11 amide bonds. The second-order valence-electron chi connectivity index (χ2n) is 18.5. The highest BCUT2D eigenvalue weighted by Gasteiger charge is 2.37. The highest BCUT2D eigenvalue weighted by Crippen LogP contribution is 2.11. The molecule has 0 aliphatic rings. The number of primary amides is 2. The second kappa shape index (κ2) is 32.9. The number of nitrogens with two attached hydrogens (primary N) is 3. The molecule has 0 aliphatic carbocycles. The number of rotatable bonds is 35. The summed E-state index contributed by atoms with van der Waals surface area (Å²) in [6.07, 6.45) is -6.75. The summed E-state index contributed by atoms with van der Waals surface area (Å²) in [7, 11) is 0. The van der Waals surface area contributed by atoms with Crippen LogP contribution in [0.3, 0.4) is 0 Å². The summed E-state index contributed by atoms with van der Waals surface area (Å²) >= 11 is 0. The van der Waals surface area contributed by atoms with Crippen LogP contribution < -0.4 is 65.1 Å². The standard InChI is InChI=1S/C44H76N12O18/c1-18(2)15-28(53-36(65)21(6)49-42(71)33(22(7)58)56-41(70)29(16-19(3)4)54-35(64)20(5)48-37(66)24(45)17-57)40(69)50-25(9-12-30(46)60)39(68)55-34(23(8)59)43(72)51-26(11-14-32(62)63)38(67)52-27(44(73)74)10-13-31(47)61/h18-29,33-34,57-59H,9-17,45H2,1-8H3,(H2,46,60)(H2,47,61)(H,48,66)(H,49,71)(H,50,69)(H,51,72)(H,52,67)(H,53,65)(H,54,64)(H,55,68)(H,56,70)(H,62,63)(H,73,74)/t20-,21-,22+,23+,24-,25-,26-,27-,28-,29-,33-,34-/m0/s1. The number of hydrogen-bond acceptors (Lipinski definition) is 17. The second-order valence-corrected chi connectivity index (χ2v) is 18.5. The van der Waals surface area contributed by atoms with Gasteiger partial charge in [-0.15, -0.1) is 0 Å². The highest BCUT2D eigenvalue weighted by atomic mass is 16.4. The first-order valence-corrected chi connectivity index (χ1v) is 23.7. The maximum Gasteiger partial charge on any atom is 0.326 e. The molecular formula is C44H76N12O18. The zero-order valence-electron chi connectivity index (χ0n) is 42.7. The van der Waals surface area contributed by atoms with Crippen molar-refractivity contribution in [3.63, 3.8) is 0 Å². The molecule has 0 bridgehead atoms. The number of aliphatic hydroxyl groups excluding tert-OH is 3. The maximum atomic E-state index is 13.9. The minimum Gasteiger partial charge on any atom is -0.481 e. The van der Waals surface area contributed by atoms with Gasteiger partial charge in [0.05, 0.1) is 18.8 Å². The Labute approximate surface area is 426 Å². The number of aliphatic carboxylic acids is 2. The van der Waals surface area contributed by atoms with Crippen molar-refractivity contribution in [2.45, 2.75) is 179 Å². The lowest BCUT2D eigenvalue weighted by Gasteiger charge is -2.29. The molecule has 0 aromatic rings. The monoisotopic (exact) mass is 1060 g/mol. The van der Waals surface area contributed by atoms with Crippen molar-refractivity contribution in [2.75, 3.05) is 6.61 Å². The molecule has 0 rings (SSSR count). The minimum atomic E-state index is -1.95. The van der Waals surface area contributed by atoms with E-state index in [2.05, 4.69) is 47.9 Å². The van der Waals surface area contributed by atoms with Gasteiger partial charge in [0.15, 0.2) is 0 Å². The van der Waals surface area contributed by atoms with Crippen LogP contribution in [0.2, 0.25) is 0 Å². The van der Waals surface area contributed by atoms with Crippen molar-refractivity contribution in [1.29, 1.82) is 0 Å². The number of carboxylic acid groups (broad SMARTS) is 2. The Morgan fingerprint density at radius 1 is 0.405 bits per heavy atom. The molecule has 0 fully saturated rings. The van der Waals surface area contributed by atoms with E-state index in [0.717, 1.165) is 13.8 Å². The van der Waals surface area contributed by atoms with Gasteiger partial charge in [0.1, 0.15) is 60.4 Å². The highest BCUT2D eigenvalue weighted by molar-refractivity contribution is 5.99. The summed E-state index contributed by atoms with van der Waals surface area (Å²) in [5.74, 6) is -14.8. The minimum absolute atomic E-state index is 0.0272. The fourth-order valence-corrected chi connectivity index (χ4v) is 6.60. The molecule has 0 saturated heterocycles. The van der Waals surface area contributed by atoms with Gasteiger partial charge in [-0.2, -0.15) is 0 Å². The summed E-state index contributed by atoms with van der Waals surface area (Å²) in [5, 5.41) is 69.7. The molecule has 30 heteroatoms. The number of aliphatic hydroxyl groups is 3. The van der Waals surface area contributed by atoms with E-state index < -0.39 is 195 Å². The van der Waals surface area contributed by atoms with E-state index in [9.17, 15) is 82.8 Å². The summed E-state index contributed by atoms with van der Waals surface area (Å²) in [6, 6.07) is -15.6. The molecule has 0 aromatic carbocycles. The number of carbonyl (C=O) groups excluding carboxylic acids is 11. The topological polar surface area (TPSA) is 509 Å². The molecule has 0 aliphatic heterocycles. The van der Waals surface area contributed by atoms with E-state index in [4.69, 9.17) is 22.3 Å². The third-order valence-corrected chi connectivity index (χ3v) is 10.7. The van der Waals surface area contributed by atoms with Crippen LogP contribution in [0.1, 0.15) is 107 Å². The van der Waals surface area contributed by atoms with Crippen LogP contribution in [0.25, 0.3) is 0 Å². The van der Waals surface area contributed by atoms with E-state index in [1.54, 1.807) is 27.7 Å². The fraction of sp³-hybridized carbons (Fsp3) is 0.705. The summed E-state index contributed by atoms with van der Waals surface area (Å²) in [4.78, 5) is 166. The zero-order chi connectivity index (χ0) is 57.3. The third-order valence-electron chi connectivity index (χ3n) is 10.7. The lowest BCUT2D eigenvalue weighted by atomic mass is 10.0. The van der Waals surface area contributed by atoms with Crippen LogP contribution >= 0.6 is 0 Å². The van der Waals surface area contributed by atoms with E-state index in [-0.39, 0.29) is 24.7 Å². The summed E-state index contributed by atoms with van der Waals surface area (Å²) in [6.45, 7) is 10.8. The van der Waals surface area contributed by atoms with Crippen LogP contribution in [-0.4, -0.2) is 182 Å². The average Bonchev–Trinajstić information content (AvgIpc) is 3.28. The smallest absolute Gasteiger partial charge is 0.326 e. The van der Waals surface area contributed by atoms with Gasteiger partial charge >= 0.3 is 11.9 Å². The van der Waals surface area contributed by atoms with Crippen molar-refractivity contribution in [1.82, 2.24) is 47.9 Å². The number of hydrogen-bond donors (Lipinski definition) is 17. The Balaban J connectivity index is 6.39. The van der Waals surface area contributed by atoms with Crippen LogP contribution in [0.15, 0.2) is 0 Å². The number of nitrogens with one attached hydrogen (secondary N) is 9. The SMILES string of the molecule is CC(C)C[C@H](NC(=O)[C@H](C)NC(=O)[C@@H](NC(=O)[C@H](CC(C)C)NC(=O)[C@H](C)NC(=O)[C@@H](N)CO)[C@@H](C)O)C(=O)N[C@@H](CCC(N)=O)C(=O)N[C@H](C(=O)N[C@@H](CCC(=O)O)C(=O)N[C@@H](CCC(N)=O)C(=O)O)[C@@H](C)O. The first-order chi connectivity index (χ1) is 34.2. The molecule has 12 atom stereocenters. The van der Waals surface area contributed by atoms with Crippen molar-refractivity contribution in [2.24, 2.45) is 29.0 Å². The van der Waals surface area contributed by atoms with Crippen molar-refractivity contribution < 1.29 is 87.9 Å². The molecule has 0 unspecified atom stereocenters. The quantitative estimate of drug-likeness (QED) is 0.0280.